The molecule has 2 aromatic rings. The molecule has 0 spiro atoms. The van der Waals surface area contributed by atoms with E-state index in [-0.39, 0.29) is 11.3 Å². The lowest BCUT2D eigenvalue weighted by Gasteiger charge is -2.21. The lowest BCUT2D eigenvalue weighted by molar-refractivity contribution is -0.141. The van der Waals surface area contributed by atoms with Gasteiger partial charge in [0.25, 0.3) is 0 Å². The van der Waals surface area contributed by atoms with Crippen LogP contribution in [0, 0.1) is 5.82 Å². The molecule has 0 aromatic heterocycles. The van der Waals surface area contributed by atoms with Gasteiger partial charge in [-0.15, -0.1) is 0 Å². The third kappa shape index (κ3) is 5.61. The van der Waals surface area contributed by atoms with Gasteiger partial charge in [0.15, 0.2) is 0 Å². The second kappa shape index (κ2) is 9.43. The molecule has 0 bridgehead atoms. The van der Waals surface area contributed by atoms with Gasteiger partial charge < -0.3 is 10.1 Å². The molecule has 9 heteroatoms. The Balaban J connectivity index is 2.10. The van der Waals surface area contributed by atoms with Crippen LogP contribution in [0.15, 0.2) is 59.5 Å². The fourth-order valence-corrected chi connectivity index (χ4v) is 3.63. The van der Waals surface area contributed by atoms with Gasteiger partial charge in [0.1, 0.15) is 5.82 Å². The Morgan fingerprint density at radius 1 is 1.11 bits per heavy atom. The zero-order valence-corrected chi connectivity index (χ0v) is 16.3. The lowest BCUT2D eigenvalue weighted by atomic mass is 10.0. The zero-order valence-electron chi connectivity index (χ0n) is 15.5. The molecule has 1 unspecified atom stereocenters. The minimum atomic E-state index is -3.96. The van der Waals surface area contributed by atoms with Gasteiger partial charge in [0, 0.05) is 7.05 Å². The predicted molar refractivity (Wildman–Crippen MR) is 100 cm³/mol. The summed E-state index contributed by atoms with van der Waals surface area (Å²) in [6, 6.07) is 12.5. The maximum absolute atomic E-state index is 13.0. The number of nitrogens with zero attached hydrogens (tertiary/aromatic N) is 1. The SMILES string of the molecule is COC(=O)CC(NC(=O)CN(C)S(=O)(=O)c1ccc(F)cc1)c1ccccc1. The van der Waals surface area contributed by atoms with Crippen molar-refractivity contribution in [3.63, 3.8) is 0 Å². The number of sulfonamides is 1. The highest BCUT2D eigenvalue weighted by molar-refractivity contribution is 7.89. The maximum Gasteiger partial charge on any atom is 0.307 e. The van der Waals surface area contributed by atoms with E-state index in [1.807, 2.05) is 0 Å². The van der Waals surface area contributed by atoms with Crippen LogP contribution in [-0.2, 0) is 24.3 Å². The minimum Gasteiger partial charge on any atom is -0.469 e. The van der Waals surface area contributed by atoms with Crippen LogP contribution in [0.25, 0.3) is 0 Å². The number of hydrogen-bond acceptors (Lipinski definition) is 5. The van der Waals surface area contributed by atoms with Crippen LogP contribution in [0.5, 0.6) is 0 Å². The third-order valence-corrected chi connectivity index (χ3v) is 5.84. The van der Waals surface area contributed by atoms with Crippen molar-refractivity contribution < 1.29 is 27.1 Å². The molecule has 7 nitrogen and oxygen atoms in total. The summed E-state index contributed by atoms with van der Waals surface area (Å²) in [5, 5.41) is 2.66. The largest absolute Gasteiger partial charge is 0.469 e. The molecule has 2 aromatic carbocycles. The summed E-state index contributed by atoms with van der Waals surface area (Å²) in [4.78, 5) is 23.9. The highest BCUT2D eigenvalue weighted by Gasteiger charge is 2.25. The van der Waals surface area contributed by atoms with Gasteiger partial charge >= 0.3 is 5.97 Å². The molecule has 0 saturated heterocycles. The van der Waals surface area contributed by atoms with Crippen molar-refractivity contribution in [1.29, 1.82) is 0 Å². The summed E-state index contributed by atoms with van der Waals surface area (Å²) >= 11 is 0. The first kappa shape index (κ1) is 21.5. The van der Waals surface area contributed by atoms with Crippen LogP contribution in [0.1, 0.15) is 18.0 Å². The normalized spacial score (nSPS) is 12.4. The quantitative estimate of drug-likeness (QED) is 0.673. The van der Waals surface area contributed by atoms with Crippen LogP contribution < -0.4 is 5.32 Å². The second-order valence-electron chi connectivity index (χ2n) is 6.03. The molecule has 150 valence electrons. The second-order valence-corrected chi connectivity index (χ2v) is 8.07. The predicted octanol–water partition coefficient (Wildman–Crippen LogP) is 1.87. The van der Waals surface area contributed by atoms with E-state index < -0.39 is 40.3 Å². The van der Waals surface area contributed by atoms with E-state index in [2.05, 4.69) is 10.1 Å². The Morgan fingerprint density at radius 3 is 2.29 bits per heavy atom. The van der Waals surface area contributed by atoms with Crippen LogP contribution in [0.2, 0.25) is 0 Å². The van der Waals surface area contributed by atoms with Crippen molar-refractivity contribution in [2.45, 2.75) is 17.4 Å². The van der Waals surface area contributed by atoms with Crippen molar-refractivity contribution in [3.8, 4) is 0 Å². The monoisotopic (exact) mass is 408 g/mol. The first-order chi connectivity index (χ1) is 13.2. The van der Waals surface area contributed by atoms with Crippen molar-refractivity contribution in [3.05, 3.63) is 66.0 Å². The van der Waals surface area contributed by atoms with Crippen molar-refractivity contribution in [1.82, 2.24) is 9.62 Å². The Kier molecular flexibility index (Phi) is 7.24. The Morgan fingerprint density at radius 2 is 1.71 bits per heavy atom. The number of likely N-dealkylation sites (N-methyl/N-ethyl adjacent to an activating group) is 1. The standard InChI is InChI=1S/C19H21FN2O5S/c1-22(28(25,26)16-10-8-15(20)9-11-16)13-18(23)21-17(12-19(24)27-2)14-6-4-3-5-7-14/h3-11,17H,12-13H2,1-2H3,(H,21,23). The average molecular weight is 408 g/mol. The molecular formula is C19H21FN2O5S. The van der Waals surface area contributed by atoms with Gasteiger partial charge in [0.2, 0.25) is 15.9 Å². The number of ether oxygens (including phenoxy) is 1. The van der Waals surface area contributed by atoms with E-state index in [4.69, 9.17) is 0 Å². The molecule has 0 aliphatic carbocycles. The van der Waals surface area contributed by atoms with E-state index in [1.165, 1.54) is 14.2 Å². The molecule has 1 N–H and O–H groups in total. The number of halogens is 1. The minimum absolute atomic E-state index is 0.0965. The highest BCUT2D eigenvalue weighted by Crippen LogP contribution is 2.18. The number of esters is 1. The van der Waals surface area contributed by atoms with Crippen LogP contribution in [-0.4, -0.2) is 45.3 Å². The summed E-state index contributed by atoms with van der Waals surface area (Å²) < 4.78 is 43.5. The van der Waals surface area contributed by atoms with Gasteiger partial charge in [-0.05, 0) is 29.8 Å². The molecule has 1 atom stereocenters. The van der Waals surface area contributed by atoms with Crippen molar-refractivity contribution in [2.75, 3.05) is 20.7 Å². The van der Waals surface area contributed by atoms with Crippen LogP contribution >= 0.6 is 0 Å². The van der Waals surface area contributed by atoms with Crippen LogP contribution in [0.4, 0.5) is 4.39 Å². The molecule has 0 saturated carbocycles. The fraction of sp³-hybridized carbons (Fsp3) is 0.263. The number of methoxy groups -OCH3 is 1. The average Bonchev–Trinajstić information content (AvgIpc) is 2.68. The molecule has 0 aliphatic rings. The first-order valence-corrected chi connectivity index (χ1v) is 9.81. The van der Waals surface area contributed by atoms with Gasteiger partial charge in [-0.2, -0.15) is 4.31 Å². The number of carbonyl (C=O) groups excluding carboxylic acids is 2. The molecular weight excluding hydrogens is 387 g/mol. The van der Waals surface area contributed by atoms with E-state index in [9.17, 15) is 22.4 Å². The molecule has 0 heterocycles. The summed E-state index contributed by atoms with van der Waals surface area (Å²) in [7, 11) is -1.47. The third-order valence-electron chi connectivity index (χ3n) is 4.02. The summed E-state index contributed by atoms with van der Waals surface area (Å²) in [6.45, 7) is -0.468. The molecule has 0 aliphatic heterocycles. The van der Waals surface area contributed by atoms with E-state index in [0.717, 1.165) is 28.6 Å². The van der Waals surface area contributed by atoms with Crippen molar-refractivity contribution >= 4 is 21.9 Å². The Hall–Kier alpha value is -2.78. The number of carbonyl (C=O) groups is 2. The van der Waals surface area contributed by atoms with Gasteiger partial charge in [-0.1, -0.05) is 30.3 Å². The lowest BCUT2D eigenvalue weighted by Crippen LogP contribution is -2.40. The number of amides is 1. The summed E-state index contributed by atoms with van der Waals surface area (Å²) in [5.41, 5.74) is 0.685. The number of hydrogen-bond donors (Lipinski definition) is 1. The topological polar surface area (TPSA) is 92.8 Å². The van der Waals surface area contributed by atoms with Gasteiger partial charge in [-0.3, -0.25) is 9.59 Å². The van der Waals surface area contributed by atoms with E-state index in [1.54, 1.807) is 30.3 Å². The zero-order chi connectivity index (χ0) is 20.7. The molecule has 0 fully saturated rings. The number of benzene rings is 2. The maximum atomic E-state index is 13.0. The van der Waals surface area contributed by atoms with Crippen LogP contribution in [0.3, 0.4) is 0 Å². The Labute approximate surface area is 163 Å². The number of nitrogens with one attached hydrogen (secondary N) is 1. The number of rotatable bonds is 8. The molecule has 2 rings (SSSR count). The van der Waals surface area contributed by atoms with Gasteiger partial charge in [-0.25, -0.2) is 12.8 Å². The molecule has 28 heavy (non-hydrogen) atoms. The van der Waals surface area contributed by atoms with E-state index >= 15 is 0 Å². The smallest absolute Gasteiger partial charge is 0.307 e. The van der Waals surface area contributed by atoms with Gasteiger partial charge in [0.05, 0.1) is 31.0 Å². The molecule has 0 radical (unpaired) electrons. The van der Waals surface area contributed by atoms with Crippen molar-refractivity contribution in [2.24, 2.45) is 0 Å². The highest BCUT2D eigenvalue weighted by atomic mass is 32.2. The first-order valence-electron chi connectivity index (χ1n) is 8.37. The summed E-state index contributed by atoms with van der Waals surface area (Å²) in [5.74, 6) is -1.67. The fourth-order valence-electron chi connectivity index (χ4n) is 2.50. The van der Waals surface area contributed by atoms with E-state index in [0.29, 0.717) is 5.56 Å². The molecule has 1 amide bonds. The Bertz CT molecular complexity index is 917. The summed E-state index contributed by atoms with van der Waals surface area (Å²) in [6.07, 6.45) is -0.0965.